The van der Waals surface area contributed by atoms with Crippen LogP contribution < -0.4 is 5.32 Å². The Labute approximate surface area is 138 Å². The Morgan fingerprint density at radius 1 is 1.26 bits per heavy atom. The number of hydrogen-bond acceptors (Lipinski definition) is 3. The molecular weight excluding hydrogens is 288 g/mol. The van der Waals surface area contributed by atoms with Gasteiger partial charge in [0.05, 0.1) is 5.69 Å². The van der Waals surface area contributed by atoms with Gasteiger partial charge in [-0.05, 0) is 31.0 Å². The number of aryl methyl sites for hydroxylation is 2. The third-order valence-electron chi connectivity index (χ3n) is 4.01. The van der Waals surface area contributed by atoms with Gasteiger partial charge in [-0.3, -0.25) is 9.48 Å². The van der Waals surface area contributed by atoms with Gasteiger partial charge in [-0.25, -0.2) is 0 Å². The summed E-state index contributed by atoms with van der Waals surface area (Å²) in [5, 5.41) is 8.03. The molecule has 1 amide bonds. The van der Waals surface area contributed by atoms with Crippen LogP contribution in [0.25, 0.3) is 0 Å². The Bertz CT molecular complexity index is 688. The number of aromatic nitrogens is 2. The van der Waals surface area contributed by atoms with Crippen LogP contribution in [0.4, 0.5) is 5.69 Å². The van der Waals surface area contributed by atoms with Crippen molar-refractivity contribution in [3.63, 3.8) is 0 Å². The second kappa shape index (κ2) is 7.31. The highest BCUT2D eigenvalue weighted by molar-refractivity contribution is 5.94. The number of anilines is 1. The van der Waals surface area contributed by atoms with Gasteiger partial charge in [0.2, 0.25) is 0 Å². The summed E-state index contributed by atoms with van der Waals surface area (Å²) < 4.78 is 1.97. The number of carbonyl (C=O) groups is 1. The molecule has 1 heterocycles. The minimum Gasteiger partial charge on any atom is -0.381 e. The summed E-state index contributed by atoms with van der Waals surface area (Å²) in [6.45, 7) is 5.00. The second-order valence-electron chi connectivity index (χ2n) is 5.84. The normalized spacial score (nSPS) is 10.7. The van der Waals surface area contributed by atoms with Crippen molar-refractivity contribution in [2.24, 2.45) is 7.05 Å². The quantitative estimate of drug-likeness (QED) is 0.892. The fourth-order valence-electron chi connectivity index (χ4n) is 2.80. The molecule has 0 unspecified atom stereocenters. The lowest BCUT2D eigenvalue weighted by Gasteiger charge is -2.13. The van der Waals surface area contributed by atoms with Gasteiger partial charge in [-0.15, -0.1) is 0 Å². The smallest absolute Gasteiger partial charge is 0.253 e. The van der Waals surface area contributed by atoms with Crippen LogP contribution in [0.15, 0.2) is 24.3 Å². The van der Waals surface area contributed by atoms with Crippen molar-refractivity contribution in [3.8, 4) is 0 Å². The van der Waals surface area contributed by atoms with Crippen LogP contribution in [0.3, 0.4) is 0 Å². The molecule has 23 heavy (non-hydrogen) atoms. The van der Waals surface area contributed by atoms with Gasteiger partial charge < -0.3 is 10.2 Å². The average Bonchev–Trinajstić information content (AvgIpc) is 2.87. The molecule has 0 aliphatic carbocycles. The molecule has 5 nitrogen and oxygen atoms in total. The largest absolute Gasteiger partial charge is 0.381 e. The molecule has 0 aliphatic rings. The SMILES string of the molecule is CCc1nn(C)c(CC)c1CNc1cccc(C(=O)N(C)C)c1. The summed E-state index contributed by atoms with van der Waals surface area (Å²) in [4.78, 5) is 13.6. The van der Waals surface area contributed by atoms with Gasteiger partial charge in [-0.2, -0.15) is 5.10 Å². The molecule has 2 aromatic rings. The van der Waals surface area contributed by atoms with Crippen LogP contribution in [0.5, 0.6) is 0 Å². The van der Waals surface area contributed by atoms with E-state index >= 15 is 0 Å². The molecule has 5 heteroatoms. The van der Waals surface area contributed by atoms with Crippen LogP contribution in [0.2, 0.25) is 0 Å². The zero-order valence-corrected chi connectivity index (χ0v) is 14.7. The summed E-state index contributed by atoms with van der Waals surface area (Å²) in [7, 11) is 5.52. The van der Waals surface area contributed by atoms with E-state index in [2.05, 4.69) is 24.3 Å². The van der Waals surface area contributed by atoms with E-state index < -0.39 is 0 Å². The van der Waals surface area contributed by atoms with Crippen LogP contribution in [-0.2, 0) is 26.4 Å². The number of amides is 1. The molecule has 0 saturated heterocycles. The lowest BCUT2D eigenvalue weighted by molar-refractivity contribution is 0.0827. The topological polar surface area (TPSA) is 50.2 Å². The number of nitrogens with zero attached hydrogens (tertiary/aromatic N) is 3. The molecule has 0 aliphatic heterocycles. The van der Waals surface area contributed by atoms with Gasteiger partial charge in [0, 0.05) is 50.2 Å². The Hall–Kier alpha value is -2.30. The molecule has 0 radical (unpaired) electrons. The molecule has 1 aromatic heterocycles. The number of carbonyl (C=O) groups excluding carboxylic acids is 1. The Morgan fingerprint density at radius 3 is 2.61 bits per heavy atom. The molecule has 0 saturated carbocycles. The minimum absolute atomic E-state index is 0.0125. The predicted molar refractivity (Wildman–Crippen MR) is 93.8 cm³/mol. The predicted octanol–water partition coefficient (Wildman–Crippen LogP) is 2.86. The van der Waals surface area contributed by atoms with E-state index in [1.807, 2.05) is 36.0 Å². The van der Waals surface area contributed by atoms with Crippen molar-refractivity contribution in [3.05, 3.63) is 46.8 Å². The van der Waals surface area contributed by atoms with E-state index in [1.165, 1.54) is 11.3 Å². The minimum atomic E-state index is 0.0125. The van der Waals surface area contributed by atoms with Crippen LogP contribution in [0.1, 0.15) is 41.2 Å². The fourth-order valence-corrected chi connectivity index (χ4v) is 2.80. The van der Waals surface area contributed by atoms with E-state index in [0.717, 1.165) is 30.8 Å². The molecule has 0 spiro atoms. The van der Waals surface area contributed by atoms with Crippen molar-refractivity contribution in [1.82, 2.24) is 14.7 Å². The second-order valence-corrected chi connectivity index (χ2v) is 5.84. The van der Waals surface area contributed by atoms with Gasteiger partial charge in [0.25, 0.3) is 5.91 Å². The highest BCUT2D eigenvalue weighted by Gasteiger charge is 2.13. The molecular formula is C18H26N4O. The summed E-state index contributed by atoms with van der Waals surface area (Å²) in [5.74, 6) is 0.0125. The van der Waals surface area contributed by atoms with E-state index in [1.54, 1.807) is 19.0 Å². The fraction of sp³-hybridized carbons (Fsp3) is 0.444. The highest BCUT2D eigenvalue weighted by atomic mass is 16.2. The monoisotopic (exact) mass is 314 g/mol. The zero-order valence-electron chi connectivity index (χ0n) is 14.7. The first-order valence-corrected chi connectivity index (χ1v) is 8.07. The first kappa shape index (κ1) is 17.1. The summed E-state index contributed by atoms with van der Waals surface area (Å²) >= 11 is 0. The van der Waals surface area contributed by atoms with Gasteiger partial charge in [0.1, 0.15) is 0 Å². The van der Waals surface area contributed by atoms with Crippen molar-refractivity contribution in [2.75, 3.05) is 19.4 Å². The third kappa shape index (κ3) is 3.73. The van der Waals surface area contributed by atoms with Gasteiger partial charge >= 0.3 is 0 Å². The molecule has 2 rings (SSSR count). The summed E-state index contributed by atoms with van der Waals surface area (Å²) in [6.07, 6.45) is 1.88. The number of rotatable bonds is 6. The molecule has 0 bridgehead atoms. The van der Waals surface area contributed by atoms with E-state index in [-0.39, 0.29) is 5.91 Å². The zero-order chi connectivity index (χ0) is 17.0. The van der Waals surface area contributed by atoms with Crippen LogP contribution >= 0.6 is 0 Å². The average molecular weight is 314 g/mol. The first-order valence-electron chi connectivity index (χ1n) is 8.07. The number of nitrogens with one attached hydrogen (secondary N) is 1. The van der Waals surface area contributed by atoms with E-state index in [0.29, 0.717) is 5.56 Å². The molecule has 124 valence electrons. The third-order valence-corrected chi connectivity index (χ3v) is 4.01. The van der Waals surface area contributed by atoms with Crippen molar-refractivity contribution in [2.45, 2.75) is 33.2 Å². The van der Waals surface area contributed by atoms with Crippen molar-refractivity contribution in [1.29, 1.82) is 0 Å². The highest BCUT2D eigenvalue weighted by Crippen LogP contribution is 2.18. The molecule has 0 fully saturated rings. The van der Waals surface area contributed by atoms with Crippen LogP contribution in [0, 0.1) is 0 Å². The van der Waals surface area contributed by atoms with Gasteiger partial charge in [0.15, 0.2) is 0 Å². The standard InChI is InChI=1S/C18H26N4O/c1-6-16-15(17(7-2)22(5)20-16)12-19-14-10-8-9-13(11-14)18(23)21(3)4/h8-11,19H,6-7,12H2,1-5H3. The lowest BCUT2D eigenvalue weighted by Crippen LogP contribution is -2.21. The number of hydrogen-bond donors (Lipinski definition) is 1. The molecule has 1 aromatic carbocycles. The maximum Gasteiger partial charge on any atom is 0.253 e. The Kier molecular flexibility index (Phi) is 5.42. The van der Waals surface area contributed by atoms with E-state index in [9.17, 15) is 4.79 Å². The maximum absolute atomic E-state index is 12.1. The van der Waals surface area contributed by atoms with Crippen molar-refractivity contribution < 1.29 is 4.79 Å². The maximum atomic E-state index is 12.1. The lowest BCUT2D eigenvalue weighted by atomic mass is 10.1. The van der Waals surface area contributed by atoms with Crippen molar-refractivity contribution >= 4 is 11.6 Å². The summed E-state index contributed by atoms with van der Waals surface area (Å²) in [5.41, 5.74) is 5.30. The van der Waals surface area contributed by atoms with E-state index in [4.69, 9.17) is 0 Å². The molecule has 1 N–H and O–H groups in total. The Balaban J connectivity index is 2.19. The van der Waals surface area contributed by atoms with Crippen LogP contribution in [-0.4, -0.2) is 34.7 Å². The van der Waals surface area contributed by atoms with Gasteiger partial charge in [-0.1, -0.05) is 19.9 Å². The Morgan fingerprint density at radius 2 is 2.00 bits per heavy atom. The molecule has 0 atom stereocenters. The number of benzene rings is 1. The first-order chi connectivity index (χ1) is 11.0. The summed E-state index contributed by atoms with van der Waals surface area (Å²) in [6, 6.07) is 7.63.